The molecule has 1 aromatic rings. The standard InChI is InChI=1S/C14H23N5O/c1-18-8-5-11(6-9-18)10-19(2)14(20)12-4-3-7-16-13(12)17-15/h3-4,7,11H,5-6,8-10,15H2,1-2H3,(H,16,17). The zero-order chi connectivity index (χ0) is 14.5. The van der Waals surface area contributed by atoms with Crippen molar-refractivity contribution in [2.24, 2.45) is 11.8 Å². The third-order valence-electron chi connectivity index (χ3n) is 3.89. The molecule has 0 bridgehead atoms. The van der Waals surface area contributed by atoms with Gasteiger partial charge in [-0.3, -0.25) is 4.79 Å². The van der Waals surface area contributed by atoms with Crippen LogP contribution in [0, 0.1) is 5.92 Å². The Hall–Kier alpha value is -1.66. The molecule has 0 atom stereocenters. The molecule has 6 nitrogen and oxygen atoms in total. The number of likely N-dealkylation sites (tertiary alicyclic amines) is 1. The first kappa shape index (κ1) is 14.7. The van der Waals surface area contributed by atoms with Crippen molar-refractivity contribution in [3.05, 3.63) is 23.9 Å². The fraction of sp³-hybridized carbons (Fsp3) is 0.571. The van der Waals surface area contributed by atoms with Gasteiger partial charge in [-0.2, -0.15) is 0 Å². The monoisotopic (exact) mass is 277 g/mol. The van der Waals surface area contributed by atoms with Gasteiger partial charge in [-0.25, -0.2) is 10.8 Å². The highest BCUT2D eigenvalue weighted by molar-refractivity contribution is 5.98. The van der Waals surface area contributed by atoms with Gasteiger partial charge in [0.25, 0.3) is 5.91 Å². The predicted octanol–water partition coefficient (Wildman–Crippen LogP) is 0.781. The number of hydrogen-bond acceptors (Lipinski definition) is 5. The Bertz CT molecular complexity index is 457. The number of rotatable bonds is 4. The van der Waals surface area contributed by atoms with Gasteiger partial charge in [-0.1, -0.05) is 0 Å². The number of anilines is 1. The molecule has 0 aliphatic carbocycles. The van der Waals surface area contributed by atoms with Crippen molar-refractivity contribution in [2.75, 3.05) is 39.2 Å². The van der Waals surface area contributed by atoms with Gasteiger partial charge in [0.1, 0.15) is 0 Å². The van der Waals surface area contributed by atoms with E-state index in [1.165, 1.54) is 0 Å². The smallest absolute Gasteiger partial charge is 0.257 e. The molecule has 0 saturated carbocycles. The minimum absolute atomic E-state index is 0.0371. The van der Waals surface area contributed by atoms with E-state index in [9.17, 15) is 4.79 Å². The number of amides is 1. The molecule has 1 aliphatic rings. The van der Waals surface area contributed by atoms with E-state index in [1.807, 2.05) is 7.05 Å². The van der Waals surface area contributed by atoms with Crippen molar-refractivity contribution in [3.63, 3.8) is 0 Å². The number of nitrogen functional groups attached to an aromatic ring is 1. The molecule has 110 valence electrons. The van der Waals surface area contributed by atoms with Crippen LogP contribution in [0.2, 0.25) is 0 Å². The number of pyridine rings is 1. The number of piperidine rings is 1. The van der Waals surface area contributed by atoms with E-state index in [-0.39, 0.29) is 5.91 Å². The second-order valence-corrected chi connectivity index (χ2v) is 5.48. The maximum Gasteiger partial charge on any atom is 0.257 e. The lowest BCUT2D eigenvalue weighted by atomic mass is 9.96. The van der Waals surface area contributed by atoms with Gasteiger partial charge < -0.3 is 15.2 Å². The van der Waals surface area contributed by atoms with Crippen molar-refractivity contribution in [1.82, 2.24) is 14.8 Å². The zero-order valence-electron chi connectivity index (χ0n) is 12.2. The van der Waals surface area contributed by atoms with Crippen molar-refractivity contribution >= 4 is 11.7 Å². The molecule has 1 aliphatic heterocycles. The Morgan fingerprint density at radius 2 is 2.25 bits per heavy atom. The first-order chi connectivity index (χ1) is 9.61. The molecular formula is C14H23N5O. The molecule has 0 spiro atoms. The van der Waals surface area contributed by atoms with Crippen molar-refractivity contribution in [3.8, 4) is 0 Å². The summed E-state index contributed by atoms with van der Waals surface area (Å²) in [6.45, 7) is 3.00. The summed E-state index contributed by atoms with van der Waals surface area (Å²) in [4.78, 5) is 20.6. The van der Waals surface area contributed by atoms with E-state index in [0.29, 0.717) is 17.3 Å². The molecule has 0 aromatic carbocycles. The summed E-state index contributed by atoms with van der Waals surface area (Å²) in [5, 5.41) is 0. The molecule has 3 N–H and O–H groups in total. The first-order valence-electron chi connectivity index (χ1n) is 6.97. The van der Waals surface area contributed by atoms with Crippen molar-refractivity contribution in [2.45, 2.75) is 12.8 Å². The van der Waals surface area contributed by atoms with Crippen LogP contribution in [-0.2, 0) is 0 Å². The summed E-state index contributed by atoms with van der Waals surface area (Å²) < 4.78 is 0. The quantitative estimate of drug-likeness (QED) is 0.628. The van der Waals surface area contributed by atoms with Crippen LogP contribution in [-0.4, -0.2) is 54.4 Å². The third kappa shape index (κ3) is 3.46. The molecule has 1 fully saturated rings. The zero-order valence-corrected chi connectivity index (χ0v) is 12.2. The van der Waals surface area contributed by atoms with Crippen LogP contribution in [0.25, 0.3) is 0 Å². The van der Waals surface area contributed by atoms with Gasteiger partial charge in [0.05, 0.1) is 5.56 Å². The number of nitrogens with one attached hydrogen (secondary N) is 1. The van der Waals surface area contributed by atoms with E-state index in [0.717, 1.165) is 32.5 Å². The third-order valence-corrected chi connectivity index (χ3v) is 3.89. The Kier molecular flexibility index (Phi) is 4.92. The van der Waals surface area contributed by atoms with Crippen LogP contribution in [0.15, 0.2) is 18.3 Å². The molecule has 1 amide bonds. The van der Waals surface area contributed by atoms with Gasteiger partial charge in [0.15, 0.2) is 5.82 Å². The van der Waals surface area contributed by atoms with Gasteiger partial charge in [-0.15, -0.1) is 0 Å². The van der Waals surface area contributed by atoms with E-state index < -0.39 is 0 Å². The Morgan fingerprint density at radius 1 is 1.55 bits per heavy atom. The highest BCUT2D eigenvalue weighted by Crippen LogP contribution is 2.19. The second-order valence-electron chi connectivity index (χ2n) is 5.48. The molecule has 2 heterocycles. The number of nitrogens with two attached hydrogens (primary N) is 1. The van der Waals surface area contributed by atoms with E-state index in [1.54, 1.807) is 23.2 Å². The highest BCUT2D eigenvalue weighted by atomic mass is 16.2. The van der Waals surface area contributed by atoms with E-state index >= 15 is 0 Å². The predicted molar refractivity (Wildman–Crippen MR) is 79.2 cm³/mol. The lowest BCUT2D eigenvalue weighted by molar-refractivity contribution is 0.0748. The van der Waals surface area contributed by atoms with Gasteiger partial charge in [0.2, 0.25) is 0 Å². The Balaban J connectivity index is 1.98. The van der Waals surface area contributed by atoms with Gasteiger partial charge >= 0.3 is 0 Å². The molecule has 20 heavy (non-hydrogen) atoms. The largest absolute Gasteiger partial charge is 0.341 e. The number of aromatic nitrogens is 1. The second kappa shape index (κ2) is 6.67. The van der Waals surface area contributed by atoms with E-state index in [4.69, 9.17) is 5.84 Å². The average molecular weight is 277 g/mol. The number of carbonyl (C=O) groups excluding carboxylic acids is 1. The summed E-state index contributed by atoms with van der Waals surface area (Å²) >= 11 is 0. The molecule has 6 heteroatoms. The molecule has 2 rings (SSSR count). The van der Waals surface area contributed by atoms with Crippen molar-refractivity contribution < 1.29 is 4.79 Å². The van der Waals surface area contributed by atoms with Crippen LogP contribution in [0.3, 0.4) is 0 Å². The Morgan fingerprint density at radius 3 is 2.90 bits per heavy atom. The summed E-state index contributed by atoms with van der Waals surface area (Å²) in [6.07, 6.45) is 3.90. The molecule has 0 radical (unpaired) electrons. The average Bonchev–Trinajstić information content (AvgIpc) is 2.48. The van der Waals surface area contributed by atoms with Crippen LogP contribution in [0.4, 0.5) is 5.82 Å². The van der Waals surface area contributed by atoms with Gasteiger partial charge in [-0.05, 0) is 51.0 Å². The summed E-state index contributed by atoms with van der Waals surface area (Å²) in [5.74, 6) is 6.36. The Labute approximate surface area is 119 Å². The van der Waals surface area contributed by atoms with Crippen molar-refractivity contribution in [1.29, 1.82) is 0 Å². The summed E-state index contributed by atoms with van der Waals surface area (Å²) in [6, 6.07) is 3.49. The SMILES string of the molecule is CN1CCC(CN(C)C(=O)c2cccnc2NN)CC1. The normalized spacial score (nSPS) is 16.9. The molecule has 1 aromatic heterocycles. The number of hydrazine groups is 1. The molecule has 1 saturated heterocycles. The lowest BCUT2D eigenvalue weighted by Gasteiger charge is -2.31. The number of hydrogen-bond donors (Lipinski definition) is 2. The highest BCUT2D eigenvalue weighted by Gasteiger charge is 2.22. The van der Waals surface area contributed by atoms with E-state index in [2.05, 4.69) is 22.4 Å². The maximum absolute atomic E-state index is 12.4. The van der Waals surface area contributed by atoms with Crippen LogP contribution >= 0.6 is 0 Å². The number of nitrogens with zero attached hydrogens (tertiary/aromatic N) is 3. The topological polar surface area (TPSA) is 74.5 Å². The van der Waals surface area contributed by atoms with Crippen LogP contribution in [0.5, 0.6) is 0 Å². The maximum atomic E-state index is 12.4. The first-order valence-corrected chi connectivity index (χ1v) is 6.97. The fourth-order valence-corrected chi connectivity index (χ4v) is 2.61. The van der Waals surface area contributed by atoms with Gasteiger partial charge in [0, 0.05) is 19.8 Å². The fourth-order valence-electron chi connectivity index (χ4n) is 2.61. The number of carbonyl (C=O) groups is 1. The van der Waals surface area contributed by atoms with Crippen LogP contribution in [0.1, 0.15) is 23.2 Å². The lowest BCUT2D eigenvalue weighted by Crippen LogP contribution is -2.38. The van der Waals surface area contributed by atoms with Crippen LogP contribution < -0.4 is 11.3 Å². The minimum Gasteiger partial charge on any atom is -0.341 e. The summed E-state index contributed by atoms with van der Waals surface area (Å²) in [5.41, 5.74) is 2.99. The summed E-state index contributed by atoms with van der Waals surface area (Å²) in [7, 11) is 3.98. The molecular weight excluding hydrogens is 254 g/mol. The molecule has 0 unspecified atom stereocenters. The minimum atomic E-state index is -0.0371.